The number of nitrogens with one attached hydrogen (secondary N) is 1. The van der Waals surface area contributed by atoms with Crippen molar-refractivity contribution < 1.29 is 17.7 Å². The summed E-state index contributed by atoms with van der Waals surface area (Å²) in [6, 6.07) is 11.8. The van der Waals surface area contributed by atoms with Crippen molar-refractivity contribution >= 4 is 38.3 Å². The molecule has 1 N–H and O–H groups in total. The highest BCUT2D eigenvalue weighted by atomic mass is 32.2. The third kappa shape index (κ3) is 2.96. The number of sulfonamides is 1. The van der Waals surface area contributed by atoms with Gasteiger partial charge in [0.1, 0.15) is 0 Å². The van der Waals surface area contributed by atoms with Crippen molar-refractivity contribution in [3.63, 3.8) is 0 Å². The van der Waals surface area contributed by atoms with Crippen molar-refractivity contribution in [1.29, 1.82) is 0 Å². The number of anilines is 2. The summed E-state index contributed by atoms with van der Waals surface area (Å²) < 4.78 is 30.3. The molecule has 1 saturated heterocycles. The standard InChI is InChI=1S/C17H15N3O4S/c21-17(19-14-5-2-13-11-18-24-16(13)10-14)12-3-6-15(7-4-12)20-8-1-9-25(20,22)23/h2-7,10-11H,1,8-9H2,(H,19,21). The van der Waals surface area contributed by atoms with E-state index in [0.29, 0.717) is 35.5 Å². The number of hydrogen-bond donors (Lipinski definition) is 1. The molecule has 1 fully saturated rings. The fourth-order valence-corrected chi connectivity index (χ4v) is 4.41. The van der Waals surface area contributed by atoms with Crippen LogP contribution in [-0.4, -0.2) is 31.8 Å². The van der Waals surface area contributed by atoms with Gasteiger partial charge in [-0.3, -0.25) is 9.10 Å². The fraction of sp³-hybridized carbons (Fsp3) is 0.176. The van der Waals surface area contributed by atoms with E-state index in [0.717, 1.165) is 5.39 Å². The van der Waals surface area contributed by atoms with Gasteiger partial charge in [-0.1, -0.05) is 5.16 Å². The normalized spacial score (nSPS) is 16.2. The van der Waals surface area contributed by atoms with Gasteiger partial charge in [-0.05, 0) is 42.8 Å². The lowest BCUT2D eigenvalue weighted by Crippen LogP contribution is -2.25. The van der Waals surface area contributed by atoms with E-state index >= 15 is 0 Å². The van der Waals surface area contributed by atoms with Gasteiger partial charge in [0.05, 0.1) is 17.6 Å². The molecule has 25 heavy (non-hydrogen) atoms. The topological polar surface area (TPSA) is 92.5 Å². The van der Waals surface area contributed by atoms with E-state index in [1.54, 1.807) is 42.6 Å². The quantitative estimate of drug-likeness (QED) is 0.778. The average Bonchev–Trinajstić information content (AvgIpc) is 3.20. The van der Waals surface area contributed by atoms with Crippen LogP contribution < -0.4 is 9.62 Å². The number of carbonyl (C=O) groups is 1. The minimum atomic E-state index is -3.22. The molecule has 128 valence electrons. The zero-order chi connectivity index (χ0) is 17.4. The van der Waals surface area contributed by atoms with E-state index in [9.17, 15) is 13.2 Å². The predicted octanol–water partition coefficient (Wildman–Crippen LogP) is 2.62. The zero-order valence-electron chi connectivity index (χ0n) is 13.2. The minimum absolute atomic E-state index is 0.166. The molecule has 4 rings (SSSR count). The lowest BCUT2D eigenvalue weighted by Gasteiger charge is -2.17. The number of amides is 1. The maximum absolute atomic E-state index is 12.4. The fourth-order valence-electron chi connectivity index (χ4n) is 2.85. The number of aromatic nitrogens is 1. The first-order valence-electron chi connectivity index (χ1n) is 7.79. The number of benzene rings is 2. The summed E-state index contributed by atoms with van der Waals surface area (Å²) in [6.45, 7) is 0.477. The first-order valence-corrected chi connectivity index (χ1v) is 9.40. The van der Waals surface area contributed by atoms with Gasteiger partial charge < -0.3 is 9.84 Å². The van der Waals surface area contributed by atoms with Crippen molar-refractivity contribution in [2.75, 3.05) is 21.9 Å². The first kappa shape index (κ1) is 15.6. The predicted molar refractivity (Wildman–Crippen MR) is 94.2 cm³/mol. The molecule has 0 aliphatic carbocycles. The van der Waals surface area contributed by atoms with Crippen LogP contribution in [0.1, 0.15) is 16.8 Å². The Bertz CT molecular complexity index is 1040. The van der Waals surface area contributed by atoms with E-state index in [4.69, 9.17) is 4.52 Å². The van der Waals surface area contributed by atoms with Crippen LogP contribution in [0.25, 0.3) is 11.0 Å². The molecule has 2 aromatic carbocycles. The Labute approximate surface area is 144 Å². The van der Waals surface area contributed by atoms with Crippen molar-refractivity contribution in [2.45, 2.75) is 6.42 Å². The number of nitrogens with zero attached hydrogens (tertiary/aromatic N) is 2. The van der Waals surface area contributed by atoms with Gasteiger partial charge >= 0.3 is 0 Å². The van der Waals surface area contributed by atoms with E-state index in [1.165, 1.54) is 4.31 Å². The third-order valence-corrected chi connectivity index (χ3v) is 6.00. The minimum Gasteiger partial charge on any atom is -0.356 e. The van der Waals surface area contributed by atoms with Gasteiger partial charge in [0.25, 0.3) is 5.91 Å². The Morgan fingerprint density at radius 2 is 1.96 bits per heavy atom. The molecule has 7 nitrogen and oxygen atoms in total. The molecular weight excluding hydrogens is 342 g/mol. The molecule has 2 heterocycles. The van der Waals surface area contributed by atoms with Crippen LogP contribution in [-0.2, 0) is 10.0 Å². The molecule has 0 saturated carbocycles. The molecule has 1 aromatic heterocycles. The Morgan fingerprint density at radius 3 is 2.68 bits per heavy atom. The summed E-state index contributed by atoms with van der Waals surface area (Å²) in [6.07, 6.45) is 2.22. The summed E-state index contributed by atoms with van der Waals surface area (Å²) >= 11 is 0. The van der Waals surface area contributed by atoms with E-state index in [1.807, 2.05) is 6.07 Å². The molecule has 1 aliphatic heterocycles. The van der Waals surface area contributed by atoms with Crippen molar-refractivity contribution in [1.82, 2.24) is 5.16 Å². The van der Waals surface area contributed by atoms with E-state index in [2.05, 4.69) is 10.5 Å². The van der Waals surface area contributed by atoms with Crippen LogP contribution >= 0.6 is 0 Å². The van der Waals surface area contributed by atoms with Crippen molar-refractivity contribution in [3.05, 3.63) is 54.2 Å². The maximum atomic E-state index is 12.4. The SMILES string of the molecule is O=C(Nc1ccc2cnoc2c1)c1ccc(N2CCCS2(=O)=O)cc1. The number of rotatable bonds is 3. The summed E-state index contributed by atoms with van der Waals surface area (Å²) in [4.78, 5) is 12.4. The second kappa shape index (κ2) is 5.89. The average molecular weight is 357 g/mol. The van der Waals surface area contributed by atoms with Crippen LogP contribution in [0.5, 0.6) is 0 Å². The number of fused-ring (bicyclic) bond motifs is 1. The lowest BCUT2D eigenvalue weighted by atomic mass is 10.2. The molecule has 8 heteroatoms. The second-order valence-corrected chi connectivity index (χ2v) is 7.83. The number of hydrogen-bond acceptors (Lipinski definition) is 5. The molecule has 0 radical (unpaired) electrons. The maximum Gasteiger partial charge on any atom is 0.255 e. The van der Waals surface area contributed by atoms with Crippen molar-refractivity contribution in [2.24, 2.45) is 0 Å². The van der Waals surface area contributed by atoms with Gasteiger partial charge in [0, 0.05) is 29.2 Å². The van der Waals surface area contributed by atoms with E-state index < -0.39 is 10.0 Å². The molecular formula is C17H15N3O4S. The largest absolute Gasteiger partial charge is 0.356 e. The third-order valence-electron chi connectivity index (χ3n) is 4.13. The molecule has 3 aromatic rings. The van der Waals surface area contributed by atoms with Crippen molar-refractivity contribution in [3.8, 4) is 0 Å². The Morgan fingerprint density at radius 1 is 1.16 bits per heavy atom. The highest BCUT2D eigenvalue weighted by molar-refractivity contribution is 7.93. The zero-order valence-corrected chi connectivity index (χ0v) is 14.0. The summed E-state index contributed by atoms with van der Waals surface area (Å²) in [5.41, 5.74) is 2.21. The lowest BCUT2D eigenvalue weighted by molar-refractivity contribution is 0.102. The van der Waals surface area contributed by atoms with E-state index in [-0.39, 0.29) is 11.7 Å². The smallest absolute Gasteiger partial charge is 0.255 e. The summed E-state index contributed by atoms with van der Waals surface area (Å²) in [5.74, 6) is -0.117. The van der Waals surface area contributed by atoms with Crippen LogP contribution in [0.4, 0.5) is 11.4 Å². The van der Waals surface area contributed by atoms with Gasteiger partial charge in [-0.15, -0.1) is 0 Å². The second-order valence-electron chi connectivity index (χ2n) is 5.82. The van der Waals surface area contributed by atoms with Crippen LogP contribution in [0.15, 0.2) is 53.2 Å². The molecule has 1 amide bonds. The summed E-state index contributed by atoms with van der Waals surface area (Å²) in [5, 5.41) is 7.34. The Hall–Kier alpha value is -2.87. The monoisotopic (exact) mass is 357 g/mol. The van der Waals surface area contributed by atoms with Gasteiger partial charge in [-0.25, -0.2) is 8.42 Å². The Balaban J connectivity index is 1.52. The molecule has 0 spiro atoms. The Kier molecular flexibility index (Phi) is 3.69. The van der Waals surface area contributed by atoms with Crippen LogP contribution in [0.2, 0.25) is 0 Å². The van der Waals surface area contributed by atoms with Gasteiger partial charge in [0.2, 0.25) is 10.0 Å². The van der Waals surface area contributed by atoms with Crippen LogP contribution in [0, 0.1) is 0 Å². The molecule has 1 aliphatic rings. The summed E-state index contributed by atoms with van der Waals surface area (Å²) in [7, 11) is -3.22. The highest BCUT2D eigenvalue weighted by Gasteiger charge is 2.28. The first-order chi connectivity index (χ1) is 12.0. The molecule has 0 unspecified atom stereocenters. The molecule has 0 atom stereocenters. The van der Waals surface area contributed by atoms with Gasteiger partial charge in [0.15, 0.2) is 5.58 Å². The number of carbonyl (C=O) groups excluding carboxylic acids is 1. The molecule has 0 bridgehead atoms. The highest BCUT2D eigenvalue weighted by Crippen LogP contribution is 2.24. The van der Waals surface area contributed by atoms with Gasteiger partial charge in [-0.2, -0.15) is 0 Å². The van der Waals surface area contributed by atoms with Crippen LogP contribution in [0.3, 0.4) is 0 Å².